The first-order valence-electron chi connectivity index (χ1n) is 9.69. The van der Waals surface area contributed by atoms with Crippen LogP contribution in [0.4, 0.5) is 5.82 Å². The van der Waals surface area contributed by atoms with E-state index in [0.29, 0.717) is 11.9 Å². The second kappa shape index (κ2) is 9.02. The summed E-state index contributed by atoms with van der Waals surface area (Å²) < 4.78 is 5.06. The second-order valence-electron chi connectivity index (χ2n) is 7.27. The van der Waals surface area contributed by atoms with Crippen molar-refractivity contribution in [3.8, 4) is 5.88 Å². The molecule has 1 amide bonds. The SMILES string of the molecule is COc1ccc(N2CCC[C@H](C(=O)NC3CCCCCCC3)C2)nn1. The van der Waals surface area contributed by atoms with Gasteiger partial charge in [0.1, 0.15) is 0 Å². The van der Waals surface area contributed by atoms with Crippen molar-refractivity contribution in [1.82, 2.24) is 15.5 Å². The summed E-state index contributed by atoms with van der Waals surface area (Å²) in [5.74, 6) is 1.60. The zero-order valence-electron chi connectivity index (χ0n) is 15.2. The van der Waals surface area contributed by atoms with Crippen LogP contribution in [0.15, 0.2) is 12.1 Å². The fraction of sp³-hybridized carbons (Fsp3) is 0.737. The third kappa shape index (κ3) is 5.06. The molecule has 0 unspecified atom stereocenters. The molecule has 0 radical (unpaired) electrons. The monoisotopic (exact) mass is 346 g/mol. The number of nitrogens with zero attached hydrogens (tertiary/aromatic N) is 3. The molecule has 0 spiro atoms. The highest BCUT2D eigenvalue weighted by molar-refractivity contribution is 5.79. The van der Waals surface area contributed by atoms with E-state index in [9.17, 15) is 4.79 Å². The van der Waals surface area contributed by atoms with Crippen molar-refractivity contribution in [3.05, 3.63) is 12.1 Å². The Bertz CT molecular complexity index is 541. The highest BCUT2D eigenvalue weighted by atomic mass is 16.5. The van der Waals surface area contributed by atoms with Gasteiger partial charge in [-0.1, -0.05) is 32.1 Å². The molecule has 25 heavy (non-hydrogen) atoms. The minimum atomic E-state index is 0.0445. The minimum absolute atomic E-state index is 0.0445. The molecule has 0 bridgehead atoms. The fourth-order valence-electron chi connectivity index (χ4n) is 3.91. The minimum Gasteiger partial charge on any atom is -0.480 e. The van der Waals surface area contributed by atoms with E-state index in [1.165, 1.54) is 32.1 Å². The van der Waals surface area contributed by atoms with Crippen LogP contribution in [-0.4, -0.2) is 42.3 Å². The quantitative estimate of drug-likeness (QED) is 0.908. The van der Waals surface area contributed by atoms with Crippen LogP contribution in [0.5, 0.6) is 5.88 Å². The van der Waals surface area contributed by atoms with E-state index in [1.54, 1.807) is 7.11 Å². The van der Waals surface area contributed by atoms with E-state index in [2.05, 4.69) is 20.4 Å². The molecule has 1 atom stereocenters. The van der Waals surface area contributed by atoms with Crippen LogP contribution in [-0.2, 0) is 4.79 Å². The Morgan fingerprint density at radius 1 is 1.08 bits per heavy atom. The summed E-state index contributed by atoms with van der Waals surface area (Å²) in [6.45, 7) is 1.65. The van der Waals surface area contributed by atoms with E-state index < -0.39 is 0 Å². The van der Waals surface area contributed by atoms with Gasteiger partial charge < -0.3 is 15.0 Å². The lowest BCUT2D eigenvalue weighted by molar-refractivity contribution is -0.126. The van der Waals surface area contributed by atoms with Gasteiger partial charge in [0.15, 0.2) is 5.82 Å². The van der Waals surface area contributed by atoms with Gasteiger partial charge in [0.2, 0.25) is 11.8 Å². The van der Waals surface area contributed by atoms with Crippen LogP contribution >= 0.6 is 0 Å². The van der Waals surface area contributed by atoms with Crippen molar-refractivity contribution in [3.63, 3.8) is 0 Å². The number of carbonyl (C=O) groups is 1. The molecule has 1 aliphatic heterocycles. The van der Waals surface area contributed by atoms with Gasteiger partial charge in [0.25, 0.3) is 0 Å². The molecule has 6 heteroatoms. The third-order valence-electron chi connectivity index (χ3n) is 5.40. The first kappa shape index (κ1) is 18.0. The van der Waals surface area contributed by atoms with Crippen LogP contribution in [0.1, 0.15) is 57.8 Å². The molecule has 1 saturated heterocycles. The number of ether oxygens (including phenoxy) is 1. The topological polar surface area (TPSA) is 67.3 Å². The average molecular weight is 346 g/mol. The van der Waals surface area contributed by atoms with Gasteiger partial charge >= 0.3 is 0 Å². The van der Waals surface area contributed by atoms with Crippen LogP contribution in [0.25, 0.3) is 0 Å². The number of piperidine rings is 1. The summed E-state index contributed by atoms with van der Waals surface area (Å²) in [5.41, 5.74) is 0. The average Bonchev–Trinajstić information content (AvgIpc) is 2.64. The lowest BCUT2D eigenvalue weighted by Crippen LogP contribution is -2.46. The molecule has 2 aliphatic rings. The van der Waals surface area contributed by atoms with Crippen molar-refractivity contribution in [2.75, 3.05) is 25.1 Å². The van der Waals surface area contributed by atoms with Crippen molar-refractivity contribution < 1.29 is 9.53 Å². The first-order chi connectivity index (χ1) is 12.3. The Balaban J connectivity index is 1.55. The van der Waals surface area contributed by atoms with E-state index in [0.717, 1.165) is 44.6 Å². The predicted molar refractivity (Wildman–Crippen MR) is 97.8 cm³/mol. The molecule has 2 heterocycles. The van der Waals surface area contributed by atoms with Gasteiger partial charge in [-0.3, -0.25) is 4.79 Å². The normalized spacial score (nSPS) is 22.8. The maximum absolute atomic E-state index is 12.7. The van der Waals surface area contributed by atoms with E-state index in [4.69, 9.17) is 4.74 Å². The lowest BCUT2D eigenvalue weighted by atomic mass is 9.94. The standard InChI is InChI=1S/C19H30N4O2/c1-25-18-12-11-17(21-22-18)23-13-7-8-15(14-23)19(24)20-16-9-5-3-2-4-6-10-16/h11-12,15-16H,2-10,13-14H2,1H3,(H,20,24)/t15-/m0/s1. The summed E-state index contributed by atoms with van der Waals surface area (Å²) in [6, 6.07) is 4.10. The number of amides is 1. The number of methoxy groups -OCH3 is 1. The van der Waals surface area contributed by atoms with Crippen LogP contribution in [0.3, 0.4) is 0 Å². The molecule has 1 aromatic heterocycles. The van der Waals surface area contributed by atoms with Crippen LogP contribution in [0.2, 0.25) is 0 Å². The molecule has 1 saturated carbocycles. The van der Waals surface area contributed by atoms with Gasteiger partial charge in [0.05, 0.1) is 13.0 Å². The molecule has 6 nitrogen and oxygen atoms in total. The van der Waals surface area contributed by atoms with Crippen molar-refractivity contribution >= 4 is 11.7 Å². The molecular weight excluding hydrogens is 316 g/mol. The van der Waals surface area contributed by atoms with Crippen LogP contribution in [0, 0.1) is 5.92 Å². The molecule has 0 aromatic carbocycles. The number of nitrogens with one attached hydrogen (secondary N) is 1. The summed E-state index contributed by atoms with van der Waals surface area (Å²) in [7, 11) is 1.58. The van der Waals surface area contributed by atoms with Gasteiger partial charge in [-0.15, -0.1) is 10.2 Å². The van der Waals surface area contributed by atoms with Gasteiger partial charge in [-0.05, 0) is 31.7 Å². The van der Waals surface area contributed by atoms with Gasteiger partial charge in [0, 0.05) is 25.2 Å². The number of anilines is 1. The lowest BCUT2D eigenvalue weighted by Gasteiger charge is -2.33. The molecule has 1 aliphatic carbocycles. The Morgan fingerprint density at radius 2 is 1.84 bits per heavy atom. The molecule has 2 fully saturated rings. The molecule has 1 N–H and O–H groups in total. The second-order valence-corrected chi connectivity index (χ2v) is 7.27. The Morgan fingerprint density at radius 3 is 2.52 bits per heavy atom. The maximum atomic E-state index is 12.7. The van der Waals surface area contributed by atoms with Crippen molar-refractivity contribution in [2.24, 2.45) is 5.92 Å². The fourth-order valence-corrected chi connectivity index (χ4v) is 3.91. The molecule has 1 aromatic rings. The summed E-state index contributed by atoms with van der Waals surface area (Å²) in [4.78, 5) is 14.9. The number of rotatable bonds is 4. The zero-order valence-corrected chi connectivity index (χ0v) is 15.2. The maximum Gasteiger partial charge on any atom is 0.233 e. The van der Waals surface area contributed by atoms with E-state index in [1.807, 2.05) is 12.1 Å². The number of aromatic nitrogens is 2. The van der Waals surface area contributed by atoms with Crippen molar-refractivity contribution in [2.45, 2.75) is 63.8 Å². The summed E-state index contributed by atoms with van der Waals surface area (Å²) in [5, 5.41) is 11.6. The predicted octanol–water partition coefficient (Wildman–Crippen LogP) is 2.93. The van der Waals surface area contributed by atoms with Crippen LogP contribution < -0.4 is 15.0 Å². The largest absolute Gasteiger partial charge is 0.480 e. The third-order valence-corrected chi connectivity index (χ3v) is 5.40. The number of hydrogen-bond donors (Lipinski definition) is 1. The number of carbonyl (C=O) groups excluding carboxylic acids is 1. The summed E-state index contributed by atoms with van der Waals surface area (Å²) >= 11 is 0. The van der Waals surface area contributed by atoms with Gasteiger partial charge in [-0.2, -0.15) is 0 Å². The van der Waals surface area contributed by atoms with E-state index >= 15 is 0 Å². The summed E-state index contributed by atoms with van der Waals surface area (Å²) in [6.07, 6.45) is 10.7. The zero-order chi connectivity index (χ0) is 17.5. The number of hydrogen-bond acceptors (Lipinski definition) is 5. The highest BCUT2D eigenvalue weighted by Gasteiger charge is 2.28. The molecule has 3 rings (SSSR count). The Hall–Kier alpha value is -1.85. The molecular formula is C19H30N4O2. The first-order valence-corrected chi connectivity index (χ1v) is 9.69. The highest BCUT2D eigenvalue weighted by Crippen LogP contribution is 2.23. The Labute approximate surface area is 150 Å². The smallest absolute Gasteiger partial charge is 0.233 e. The van der Waals surface area contributed by atoms with Crippen molar-refractivity contribution in [1.29, 1.82) is 0 Å². The Kier molecular flexibility index (Phi) is 6.48. The molecule has 138 valence electrons. The van der Waals surface area contributed by atoms with E-state index in [-0.39, 0.29) is 11.8 Å². The van der Waals surface area contributed by atoms with Gasteiger partial charge in [-0.25, -0.2) is 0 Å².